The van der Waals surface area contributed by atoms with Crippen molar-refractivity contribution in [2.45, 2.75) is 46.6 Å². The number of hydrogen-bond acceptors (Lipinski definition) is 4. The number of nitrogens with zero attached hydrogens (tertiary/aromatic N) is 3. The first-order valence-electron chi connectivity index (χ1n) is 12.9. The van der Waals surface area contributed by atoms with E-state index in [-0.39, 0.29) is 0 Å². The number of aliphatic imine (C=N–C) groups is 1. The van der Waals surface area contributed by atoms with Crippen molar-refractivity contribution in [3.05, 3.63) is 84.1 Å². The molecule has 0 fully saturated rings. The van der Waals surface area contributed by atoms with Crippen molar-refractivity contribution in [2.75, 3.05) is 25.0 Å². The van der Waals surface area contributed by atoms with Crippen molar-refractivity contribution in [1.29, 1.82) is 0 Å². The number of halogens is 2. The van der Waals surface area contributed by atoms with Gasteiger partial charge < -0.3 is 5.32 Å². The number of anilines is 1. The Labute approximate surface area is 220 Å². The van der Waals surface area contributed by atoms with Gasteiger partial charge in [-0.25, -0.2) is 8.78 Å². The van der Waals surface area contributed by atoms with Crippen LogP contribution in [0.2, 0.25) is 0 Å². The van der Waals surface area contributed by atoms with E-state index in [2.05, 4.69) is 60.5 Å². The molecule has 37 heavy (non-hydrogen) atoms. The van der Waals surface area contributed by atoms with Crippen molar-refractivity contribution in [3.63, 3.8) is 0 Å². The number of pyridine rings is 1. The van der Waals surface area contributed by atoms with Crippen LogP contribution in [0.15, 0.2) is 66.3 Å². The Balaban J connectivity index is 0.000000325. The lowest BCUT2D eigenvalue weighted by Crippen LogP contribution is -2.31. The van der Waals surface area contributed by atoms with Gasteiger partial charge in [-0.3, -0.25) is 14.9 Å². The summed E-state index contributed by atoms with van der Waals surface area (Å²) >= 11 is 0. The number of nitrogens with one attached hydrogen (secondary N) is 1. The van der Waals surface area contributed by atoms with Crippen molar-refractivity contribution in [1.82, 2.24) is 9.88 Å². The summed E-state index contributed by atoms with van der Waals surface area (Å²) in [5.41, 5.74) is 4.86. The van der Waals surface area contributed by atoms with E-state index in [1.54, 1.807) is 12.2 Å². The Morgan fingerprint density at radius 3 is 2.49 bits per heavy atom. The van der Waals surface area contributed by atoms with Gasteiger partial charge in [-0.15, -0.1) is 6.58 Å². The van der Waals surface area contributed by atoms with E-state index in [1.807, 2.05) is 37.8 Å². The molecule has 3 aromatic rings. The minimum Gasteiger partial charge on any atom is -0.384 e. The van der Waals surface area contributed by atoms with Crippen LogP contribution in [0.25, 0.3) is 22.1 Å². The average Bonchev–Trinajstić information content (AvgIpc) is 3.39. The molecule has 0 unspecified atom stereocenters. The van der Waals surface area contributed by atoms with Gasteiger partial charge in [-0.2, -0.15) is 0 Å². The fraction of sp³-hybridized carbons (Fsp3) is 0.333. The van der Waals surface area contributed by atoms with E-state index in [1.165, 1.54) is 19.0 Å². The molecule has 0 saturated carbocycles. The number of aromatic nitrogens is 1. The third-order valence-corrected chi connectivity index (χ3v) is 6.07. The summed E-state index contributed by atoms with van der Waals surface area (Å²) in [6.07, 6.45) is 7.73. The maximum absolute atomic E-state index is 13.6. The summed E-state index contributed by atoms with van der Waals surface area (Å²) in [5, 5.41) is 4.33. The third-order valence-electron chi connectivity index (χ3n) is 6.07. The highest BCUT2D eigenvalue weighted by Crippen LogP contribution is 2.32. The lowest BCUT2D eigenvalue weighted by atomic mass is 9.68. The summed E-state index contributed by atoms with van der Waals surface area (Å²) in [6, 6.07) is 12.5. The minimum atomic E-state index is -0.867. The van der Waals surface area contributed by atoms with E-state index < -0.39 is 11.6 Å². The molecule has 0 spiro atoms. The molecule has 0 atom stereocenters. The number of fused-ring (bicyclic) bond motifs is 1. The molecule has 0 saturated heterocycles. The van der Waals surface area contributed by atoms with E-state index in [4.69, 9.17) is 0 Å². The Hall–Kier alpha value is -3.32. The van der Waals surface area contributed by atoms with E-state index in [0.29, 0.717) is 11.6 Å². The van der Waals surface area contributed by atoms with Crippen molar-refractivity contribution >= 4 is 41.2 Å². The Kier molecular flexibility index (Phi) is 10.6. The molecule has 2 heterocycles. The highest BCUT2D eigenvalue weighted by atomic mass is 19.2. The maximum Gasteiger partial charge on any atom is 0.210 e. The first kappa shape index (κ1) is 28.3. The molecule has 0 aliphatic carbocycles. The normalized spacial score (nSPS) is 12.6. The van der Waals surface area contributed by atoms with Gasteiger partial charge in [0.05, 0.1) is 23.1 Å². The van der Waals surface area contributed by atoms with Gasteiger partial charge >= 0.3 is 0 Å². The number of rotatable bonds is 10. The average molecular weight is 501 g/mol. The molecule has 4 rings (SSSR count). The Morgan fingerprint density at radius 1 is 1.03 bits per heavy atom. The first-order valence-corrected chi connectivity index (χ1v) is 12.9. The molecule has 7 heteroatoms. The minimum absolute atomic E-state index is 0.595. The zero-order valence-electron chi connectivity index (χ0n) is 22.3. The second kappa shape index (κ2) is 13.8. The van der Waals surface area contributed by atoms with Gasteiger partial charge in [0.15, 0.2) is 11.6 Å². The predicted molar refractivity (Wildman–Crippen MR) is 155 cm³/mol. The van der Waals surface area contributed by atoms with E-state index in [0.717, 1.165) is 58.9 Å². The predicted octanol–water partition coefficient (Wildman–Crippen LogP) is 7.20. The van der Waals surface area contributed by atoms with Gasteiger partial charge in [-0.1, -0.05) is 32.1 Å². The standard InChI is InChI=1S/C21H17BF2N3.C9H19N/c1-2-7-25-16-9-15-8-14(4-6-19(15)26-11-16)21-20(22-12-27-21)13-3-5-17(23)18(24)10-13;1-5-7-10(8-6-2)9(3)4/h3-6,8-12,25H,2,7H2,1H3;5,9H,1,6-8H2,2-4H3. The SMILES string of the molecule is C=CCN(CCC)C(C)C.CCCNc1cnc2ccc(C3=C(c4ccc(F)c(F)c4)[B]C=N3)cc2c1. The molecule has 1 N–H and O–H groups in total. The first-order chi connectivity index (χ1) is 17.9. The van der Waals surface area contributed by atoms with Crippen LogP contribution in [0.4, 0.5) is 14.5 Å². The molecule has 0 amide bonds. The van der Waals surface area contributed by atoms with Gasteiger partial charge in [0, 0.05) is 30.1 Å². The van der Waals surface area contributed by atoms with Crippen LogP contribution < -0.4 is 5.32 Å². The molecular formula is C30H36BF2N4. The highest BCUT2D eigenvalue weighted by Gasteiger charge is 2.17. The summed E-state index contributed by atoms with van der Waals surface area (Å²) in [4.78, 5) is 11.3. The topological polar surface area (TPSA) is 40.5 Å². The number of hydrogen-bond donors (Lipinski definition) is 1. The van der Waals surface area contributed by atoms with Crippen LogP contribution in [-0.2, 0) is 0 Å². The fourth-order valence-corrected chi connectivity index (χ4v) is 4.12. The molecule has 1 aromatic heterocycles. The largest absolute Gasteiger partial charge is 0.384 e. The zero-order chi connectivity index (χ0) is 26.8. The molecule has 2 aromatic carbocycles. The maximum atomic E-state index is 13.6. The molecule has 1 radical (unpaired) electrons. The van der Waals surface area contributed by atoms with Crippen molar-refractivity contribution in [3.8, 4) is 0 Å². The van der Waals surface area contributed by atoms with Gasteiger partial charge in [0.1, 0.15) is 0 Å². The van der Waals surface area contributed by atoms with Crippen LogP contribution in [0, 0.1) is 11.6 Å². The fourth-order valence-electron chi connectivity index (χ4n) is 4.12. The van der Waals surface area contributed by atoms with Gasteiger partial charge in [0.2, 0.25) is 7.28 Å². The van der Waals surface area contributed by atoms with Gasteiger partial charge in [-0.05, 0) is 80.7 Å². The molecule has 193 valence electrons. The van der Waals surface area contributed by atoms with E-state index >= 15 is 0 Å². The third kappa shape index (κ3) is 7.59. The quantitative estimate of drug-likeness (QED) is 0.236. The Morgan fingerprint density at radius 2 is 1.81 bits per heavy atom. The molecule has 0 bridgehead atoms. The highest BCUT2D eigenvalue weighted by molar-refractivity contribution is 6.87. The molecule has 1 aliphatic heterocycles. The summed E-state index contributed by atoms with van der Waals surface area (Å²) in [6.45, 7) is 15.6. The van der Waals surface area contributed by atoms with Gasteiger partial charge in [0.25, 0.3) is 0 Å². The second-order valence-corrected chi connectivity index (χ2v) is 9.27. The van der Waals surface area contributed by atoms with Crippen LogP contribution >= 0.6 is 0 Å². The monoisotopic (exact) mass is 501 g/mol. The second-order valence-electron chi connectivity index (χ2n) is 9.27. The number of benzene rings is 2. The molecule has 4 nitrogen and oxygen atoms in total. The van der Waals surface area contributed by atoms with Crippen LogP contribution in [0.3, 0.4) is 0 Å². The lowest BCUT2D eigenvalue weighted by molar-refractivity contribution is 0.246. The van der Waals surface area contributed by atoms with Crippen molar-refractivity contribution in [2.24, 2.45) is 4.99 Å². The summed E-state index contributed by atoms with van der Waals surface area (Å²) < 4.78 is 26.9. The van der Waals surface area contributed by atoms with Crippen LogP contribution in [0.5, 0.6) is 0 Å². The van der Waals surface area contributed by atoms with Crippen LogP contribution in [0.1, 0.15) is 51.7 Å². The van der Waals surface area contributed by atoms with E-state index in [9.17, 15) is 8.78 Å². The summed E-state index contributed by atoms with van der Waals surface area (Å²) in [7, 11) is 1.81. The van der Waals surface area contributed by atoms with Crippen LogP contribution in [-0.4, -0.2) is 49.0 Å². The van der Waals surface area contributed by atoms with Crippen molar-refractivity contribution < 1.29 is 8.78 Å². The Bertz CT molecular complexity index is 1270. The lowest BCUT2D eigenvalue weighted by Gasteiger charge is -2.23. The summed E-state index contributed by atoms with van der Waals surface area (Å²) in [5.74, 6) is -1.72. The smallest absolute Gasteiger partial charge is 0.210 e. The molecule has 1 aliphatic rings. The molecular weight excluding hydrogens is 465 g/mol. The zero-order valence-corrected chi connectivity index (χ0v) is 22.3.